The molecule has 0 spiro atoms. The van der Waals surface area contributed by atoms with Crippen molar-refractivity contribution < 1.29 is 38.3 Å². The summed E-state index contributed by atoms with van der Waals surface area (Å²) >= 11 is 0. The number of hydrogen-bond donors (Lipinski definition) is 2. The van der Waals surface area contributed by atoms with Gasteiger partial charge in [0.15, 0.2) is 34.5 Å². The van der Waals surface area contributed by atoms with Gasteiger partial charge in [0.2, 0.25) is 11.7 Å². The van der Waals surface area contributed by atoms with E-state index in [0.29, 0.717) is 51.3 Å². The molecule has 2 N–H and O–H groups in total. The summed E-state index contributed by atoms with van der Waals surface area (Å²) in [5.74, 6) is 2.27. The second kappa shape index (κ2) is 13.0. The normalized spacial score (nSPS) is 10.9. The SMILES string of the molecule is COc1cc(/C=C/C(=O)Nc2c(C=Cc3cc(OC)c(OC)c(OC)c3)ccc(OC)c2OC)ccc1O. The first-order chi connectivity index (χ1) is 18.4. The molecule has 0 atom stereocenters. The summed E-state index contributed by atoms with van der Waals surface area (Å²) in [6.45, 7) is 0. The molecule has 0 fully saturated rings. The molecule has 3 aromatic carbocycles. The molecular formula is C29H31NO8. The van der Waals surface area contributed by atoms with Crippen LogP contribution < -0.4 is 33.7 Å². The van der Waals surface area contributed by atoms with Crippen LogP contribution in [0.2, 0.25) is 0 Å². The molecule has 0 heterocycles. The van der Waals surface area contributed by atoms with Crippen molar-refractivity contribution in [1.82, 2.24) is 0 Å². The molecule has 0 aliphatic rings. The van der Waals surface area contributed by atoms with Gasteiger partial charge in [0.1, 0.15) is 0 Å². The van der Waals surface area contributed by atoms with Gasteiger partial charge in [-0.05, 0) is 53.6 Å². The quantitative estimate of drug-likeness (QED) is 0.260. The van der Waals surface area contributed by atoms with E-state index in [1.54, 1.807) is 51.7 Å². The molecule has 0 unspecified atom stereocenters. The van der Waals surface area contributed by atoms with Crippen LogP contribution in [0, 0.1) is 0 Å². The lowest BCUT2D eigenvalue weighted by Gasteiger charge is -2.16. The fraction of sp³-hybridized carbons (Fsp3) is 0.207. The number of aromatic hydroxyl groups is 1. The maximum atomic E-state index is 12.9. The predicted molar refractivity (Wildman–Crippen MR) is 147 cm³/mol. The number of carbonyl (C=O) groups is 1. The van der Waals surface area contributed by atoms with Crippen LogP contribution in [-0.2, 0) is 4.79 Å². The van der Waals surface area contributed by atoms with Crippen LogP contribution in [-0.4, -0.2) is 53.7 Å². The van der Waals surface area contributed by atoms with Crippen LogP contribution in [0.3, 0.4) is 0 Å². The molecule has 0 saturated heterocycles. The Hall–Kier alpha value is -4.79. The molecule has 38 heavy (non-hydrogen) atoms. The van der Waals surface area contributed by atoms with Crippen molar-refractivity contribution in [3.05, 3.63) is 65.2 Å². The summed E-state index contributed by atoms with van der Waals surface area (Å²) in [5, 5.41) is 12.7. The van der Waals surface area contributed by atoms with Gasteiger partial charge in [0.25, 0.3) is 0 Å². The molecule has 0 aliphatic carbocycles. The van der Waals surface area contributed by atoms with Gasteiger partial charge in [0.05, 0.1) is 48.3 Å². The minimum atomic E-state index is -0.397. The topological polar surface area (TPSA) is 105 Å². The van der Waals surface area contributed by atoms with Crippen molar-refractivity contribution in [3.63, 3.8) is 0 Å². The van der Waals surface area contributed by atoms with Gasteiger partial charge in [-0.3, -0.25) is 4.79 Å². The van der Waals surface area contributed by atoms with Crippen LogP contribution in [0.1, 0.15) is 16.7 Å². The Bertz CT molecular complexity index is 1320. The smallest absolute Gasteiger partial charge is 0.248 e. The van der Waals surface area contributed by atoms with E-state index in [9.17, 15) is 9.90 Å². The van der Waals surface area contributed by atoms with Crippen LogP contribution in [0.25, 0.3) is 18.2 Å². The molecule has 0 saturated carbocycles. The molecule has 3 rings (SSSR count). The molecule has 0 aliphatic heterocycles. The van der Waals surface area contributed by atoms with E-state index < -0.39 is 5.91 Å². The van der Waals surface area contributed by atoms with Crippen molar-refractivity contribution in [2.24, 2.45) is 0 Å². The third-order valence-corrected chi connectivity index (χ3v) is 5.60. The van der Waals surface area contributed by atoms with Crippen LogP contribution in [0.4, 0.5) is 5.69 Å². The lowest BCUT2D eigenvalue weighted by Crippen LogP contribution is -2.11. The molecule has 9 nitrogen and oxygen atoms in total. The summed E-state index contributed by atoms with van der Waals surface area (Å²) in [4.78, 5) is 12.9. The Kier molecular flexibility index (Phi) is 9.48. The number of carbonyl (C=O) groups excluding carboxylic acids is 1. The monoisotopic (exact) mass is 521 g/mol. The average Bonchev–Trinajstić information content (AvgIpc) is 2.94. The van der Waals surface area contributed by atoms with Gasteiger partial charge < -0.3 is 38.8 Å². The van der Waals surface area contributed by atoms with Crippen molar-refractivity contribution in [2.75, 3.05) is 48.0 Å². The van der Waals surface area contributed by atoms with Crippen LogP contribution in [0.5, 0.6) is 40.2 Å². The molecule has 3 aromatic rings. The fourth-order valence-corrected chi connectivity index (χ4v) is 3.73. The molecule has 1 amide bonds. The average molecular weight is 522 g/mol. The highest BCUT2D eigenvalue weighted by molar-refractivity contribution is 6.04. The number of nitrogens with one attached hydrogen (secondary N) is 1. The zero-order valence-corrected chi connectivity index (χ0v) is 22.2. The minimum Gasteiger partial charge on any atom is -0.504 e. The Morgan fingerprint density at radius 3 is 1.84 bits per heavy atom. The van der Waals surface area contributed by atoms with Gasteiger partial charge in [0, 0.05) is 11.6 Å². The highest BCUT2D eigenvalue weighted by Gasteiger charge is 2.16. The zero-order valence-electron chi connectivity index (χ0n) is 22.2. The highest BCUT2D eigenvalue weighted by atomic mass is 16.5. The Balaban J connectivity index is 1.96. The number of ether oxygens (including phenoxy) is 6. The Labute approximate surface area is 221 Å². The Morgan fingerprint density at radius 2 is 1.26 bits per heavy atom. The molecule has 0 bridgehead atoms. The van der Waals surface area contributed by atoms with E-state index in [-0.39, 0.29) is 5.75 Å². The van der Waals surface area contributed by atoms with Gasteiger partial charge in [-0.2, -0.15) is 0 Å². The number of phenolic OH excluding ortho intramolecular Hbond substituents is 1. The maximum absolute atomic E-state index is 12.9. The second-order valence-electron chi connectivity index (χ2n) is 7.81. The predicted octanol–water partition coefficient (Wildman–Crippen LogP) is 5.27. The van der Waals surface area contributed by atoms with Gasteiger partial charge in [-0.25, -0.2) is 0 Å². The summed E-state index contributed by atoms with van der Waals surface area (Å²) in [5.41, 5.74) is 2.56. The molecule has 9 heteroatoms. The lowest BCUT2D eigenvalue weighted by molar-refractivity contribution is -0.111. The molecule has 0 aromatic heterocycles. The number of methoxy groups -OCH3 is 6. The largest absolute Gasteiger partial charge is 0.504 e. The second-order valence-corrected chi connectivity index (χ2v) is 7.81. The fourth-order valence-electron chi connectivity index (χ4n) is 3.73. The van der Waals surface area contributed by atoms with Crippen molar-refractivity contribution in [2.45, 2.75) is 0 Å². The van der Waals surface area contributed by atoms with E-state index in [0.717, 1.165) is 5.56 Å². The summed E-state index contributed by atoms with van der Waals surface area (Å²) in [6.07, 6.45) is 6.65. The summed E-state index contributed by atoms with van der Waals surface area (Å²) < 4.78 is 32.4. The number of phenols is 1. The van der Waals surface area contributed by atoms with Crippen molar-refractivity contribution >= 4 is 29.8 Å². The number of anilines is 1. The number of hydrogen-bond acceptors (Lipinski definition) is 8. The first-order valence-electron chi connectivity index (χ1n) is 11.5. The van der Waals surface area contributed by atoms with E-state index in [1.807, 2.05) is 24.3 Å². The van der Waals surface area contributed by atoms with Gasteiger partial charge in [-0.1, -0.05) is 18.2 Å². The molecular weight excluding hydrogens is 490 g/mol. The summed E-state index contributed by atoms with van der Waals surface area (Å²) in [7, 11) is 9.12. The number of amides is 1. The lowest BCUT2D eigenvalue weighted by atomic mass is 10.1. The van der Waals surface area contributed by atoms with Crippen molar-refractivity contribution in [1.29, 1.82) is 0 Å². The van der Waals surface area contributed by atoms with E-state index in [2.05, 4.69) is 5.32 Å². The van der Waals surface area contributed by atoms with E-state index >= 15 is 0 Å². The zero-order chi connectivity index (χ0) is 27.7. The third-order valence-electron chi connectivity index (χ3n) is 5.60. The first kappa shape index (κ1) is 27.8. The molecule has 200 valence electrons. The Morgan fingerprint density at radius 1 is 0.658 bits per heavy atom. The van der Waals surface area contributed by atoms with Crippen LogP contribution in [0.15, 0.2) is 48.5 Å². The van der Waals surface area contributed by atoms with Gasteiger partial charge >= 0.3 is 0 Å². The number of benzene rings is 3. The minimum absolute atomic E-state index is 0.0127. The van der Waals surface area contributed by atoms with E-state index in [1.165, 1.54) is 33.5 Å². The summed E-state index contributed by atoms with van der Waals surface area (Å²) in [6, 6.07) is 12.0. The number of rotatable bonds is 11. The highest BCUT2D eigenvalue weighted by Crippen LogP contribution is 2.41. The van der Waals surface area contributed by atoms with Crippen molar-refractivity contribution in [3.8, 4) is 40.2 Å². The van der Waals surface area contributed by atoms with Crippen LogP contribution >= 0.6 is 0 Å². The van der Waals surface area contributed by atoms with Gasteiger partial charge in [-0.15, -0.1) is 0 Å². The van der Waals surface area contributed by atoms with E-state index in [4.69, 9.17) is 28.4 Å². The standard InChI is InChI=1S/C29H31NO8/c1-33-22-13-11-20(10-7-19-16-24(35-3)28(37-5)25(17-19)36-4)27(29(22)38-6)30-26(32)14-9-18-8-12-21(31)23(15-18)34-2/h7-17,31H,1-6H3,(H,30,32)/b10-7?,14-9+. The molecule has 0 radical (unpaired) electrons. The third kappa shape index (κ3) is 6.31. The maximum Gasteiger partial charge on any atom is 0.248 e. The first-order valence-corrected chi connectivity index (χ1v) is 11.5.